The predicted octanol–water partition coefficient (Wildman–Crippen LogP) is 3.05. The highest BCUT2D eigenvalue weighted by molar-refractivity contribution is 6.34. The van der Waals surface area contributed by atoms with Crippen molar-refractivity contribution in [3.8, 4) is 0 Å². The summed E-state index contributed by atoms with van der Waals surface area (Å²) in [5, 5.41) is 3.68. The first-order chi connectivity index (χ1) is 8.75. The summed E-state index contributed by atoms with van der Waals surface area (Å²) in [4.78, 5) is 11.1. The van der Waals surface area contributed by atoms with Crippen LogP contribution in [0.15, 0.2) is 18.2 Å². The number of primary amides is 1. The second-order valence-corrected chi connectivity index (χ2v) is 5.68. The minimum atomic E-state index is -0.523. The van der Waals surface area contributed by atoms with Crippen molar-refractivity contribution in [2.24, 2.45) is 5.73 Å². The number of nitrogens with one attached hydrogen (secondary N) is 1. The van der Waals surface area contributed by atoms with E-state index in [9.17, 15) is 4.79 Å². The van der Waals surface area contributed by atoms with E-state index in [0.717, 1.165) is 12.1 Å². The highest BCUT2D eigenvalue weighted by atomic mass is 35.5. The Morgan fingerprint density at radius 2 is 2.16 bits per heavy atom. The van der Waals surface area contributed by atoms with E-state index < -0.39 is 5.91 Å². The summed E-state index contributed by atoms with van der Waals surface area (Å²) in [6.07, 6.45) is 0.846. The van der Waals surface area contributed by atoms with E-state index in [0.29, 0.717) is 10.6 Å². The third-order valence-corrected chi connectivity index (χ3v) is 3.31. The quantitative estimate of drug-likeness (QED) is 0.844. The SMILES string of the molecule is COC(C)(C)CC(C)Nc1ccc(C(N)=O)c(Cl)c1. The second kappa shape index (κ2) is 6.26. The Labute approximate surface area is 119 Å². The molecule has 5 heteroatoms. The summed E-state index contributed by atoms with van der Waals surface area (Å²) in [6, 6.07) is 5.34. The fraction of sp³-hybridized carbons (Fsp3) is 0.500. The molecule has 0 saturated carbocycles. The molecule has 19 heavy (non-hydrogen) atoms. The molecule has 0 aliphatic heterocycles. The first kappa shape index (κ1) is 15.8. The van der Waals surface area contributed by atoms with E-state index in [1.165, 1.54) is 0 Å². The first-order valence-corrected chi connectivity index (χ1v) is 6.54. The zero-order chi connectivity index (χ0) is 14.6. The second-order valence-electron chi connectivity index (χ2n) is 5.27. The van der Waals surface area contributed by atoms with E-state index in [1.807, 2.05) is 13.8 Å². The van der Waals surface area contributed by atoms with Crippen molar-refractivity contribution in [3.63, 3.8) is 0 Å². The highest BCUT2D eigenvalue weighted by Gasteiger charge is 2.20. The van der Waals surface area contributed by atoms with Gasteiger partial charge in [-0.1, -0.05) is 11.6 Å². The van der Waals surface area contributed by atoms with E-state index in [1.54, 1.807) is 25.3 Å². The Morgan fingerprint density at radius 3 is 2.63 bits per heavy atom. The van der Waals surface area contributed by atoms with Gasteiger partial charge in [0.2, 0.25) is 5.91 Å². The molecule has 4 nitrogen and oxygen atoms in total. The molecule has 0 spiro atoms. The molecule has 1 aromatic carbocycles. The maximum atomic E-state index is 11.1. The largest absolute Gasteiger partial charge is 0.382 e. The number of benzene rings is 1. The smallest absolute Gasteiger partial charge is 0.250 e. The molecule has 0 heterocycles. The number of nitrogens with two attached hydrogens (primary N) is 1. The summed E-state index contributed by atoms with van der Waals surface area (Å²) in [6.45, 7) is 6.14. The molecule has 1 amide bonds. The number of hydrogen-bond acceptors (Lipinski definition) is 3. The van der Waals surface area contributed by atoms with E-state index in [2.05, 4.69) is 12.2 Å². The number of halogens is 1. The van der Waals surface area contributed by atoms with Crippen LogP contribution >= 0.6 is 11.6 Å². The lowest BCUT2D eigenvalue weighted by molar-refractivity contribution is 0.0128. The summed E-state index contributed by atoms with van der Waals surface area (Å²) >= 11 is 6.00. The van der Waals surface area contributed by atoms with Gasteiger partial charge in [-0.15, -0.1) is 0 Å². The van der Waals surface area contributed by atoms with Crippen LogP contribution in [0.2, 0.25) is 5.02 Å². The molecule has 106 valence electrons. The predicted molar refractivity (Wildman–Crippen MR) is 78.8 cm³/mol. The zero-order valence-electron chi connectivity index (χ0n) is 11.8. The van der Waals surface area contributed by atoms with E-state index >= 15 is 0 Å². The molecular weight excluding hydrogens is 264 g/mol. The van der Waals surface area contributed by atoms with Crippen LogP contribution in [0.5, 0.6) is 0 Å². The van der Waals surface area contributed by atoms with Crippen molar-refractivity contribution >= 4 is 23.2 Å². The molecule has 0 radical (unpaired) electrons. The van der Waals surface area contributed by atoms with Gasteiger partial charge in [0, 0.05) is 18.8 Å². The first-order valence-electron chi connectivity index (χ1n) is 6.16. The van der Waals surface area contributed by atoms with E-state index in [-0.39, 0.29) is 11.6 Å². The monoisotopic (exact) mass is 284 g/mol. The van der Waals surface area contributed by atoms with Gasteiger partial charge in [0.15, 0.2) is 0 Å². The van der Waals surface area contributed by atoms with Crippen molar-refractivity contribution in [1.29, 1.82) is 0 Å². The fourth-order valence-corrected chi connectivity index (χ4v) is 2.23. The van der Waals surface area contributed by atoms with Gasteiger partial charge in [-0.05, 0) is 45.4 Å². The Hall–Kier alpha value is -1.26. The minimum Gasteiger partial charge on any atom is -0.382 e. The number of methoxy groups -OCH3 is 1. The molecule has 0 aromatic heterocycles. The Balaban J connectivity index is 2.73. The molecule has 1 aromatic rings. The summed E-state index contributed by atoms with van der Waals surface area (Å²) in [5.41, 5.74) is 6.20. The van der Waals surface area contributed by atoms with Gasteiger partial charge in [0.25, 0.3) is 0 Å². The molecule has 1 atom stereocenters. The van der Waals surface area contributed by atoms with Gasteiger partial charge in [0.05, 0.1) is 16.2 Å². The van der Waals surface area contributed by atoms with E-state index in [4.69, 9.17) is 22.1 Å². The number of carbonyl (C=O) groups is 1. The average molecular weight is 285 g/mol. The molecule has 1 unspecified atom stereocenters. The maximum absolute atomic E-state index is 11.1. The third kappa shape index (κ3) is 4.73. The lowest BCUT2D eigenvalue weighted by Gasteiger charge is -2.27. The van der Waals surface area contributed by atoms with Crippen LogP contribution < -0.4 is 11.1 Å². The van der Waals surface area contributed by atoms with Gasteiger partial charge < -0.3 is 15.8 Å². The Bertz CT molecular complexity index is 461. The van der Waals surface area contributed by atoms with Gasteiger partial charge in [-0.2, -0.15) is 0 Å². The number of amides is 1. The van der Waals surface area contributed by atoms with Crippen molar-refractivity contribution in [2.75, 3.05) is 12.4 Å². The summed E-state index contributed by atoms with van der Waals surface area (Å²) < 4.78 is 5.39. The summed E-state index contributed by atoms with van der Waals surface area (Å²) in [7, 11) is 1.70. The van der Waals surface area contributed by atoms with Crippen molar-refractivity contribution < 1.29 is 9.53 Å². The minimum absolute atomic E-state index is 0.191. The van der Waals surface area contributed by atoms with Gasteiger partial charge in [-0.25, -0.2) is 0 Å². The Morgan fingerprint density at radius 1 is 1.53 bits per heavy atom. The molecule has 3 N–H and O–H groups in total. The standard InChI is InChI=1S/C14H21ClN2O2/c1-9(8-14(2,3)19-4)17-10-5-6-11(13(16)18)12(15)7-10/h5-7,9,17H,8H2,1-4H3,(H2,16,18). The number of hydrogen-bond donors (Lipinski definition) is 2. The fourth-order valence-electron chi connectivity index (χ4n) is 1.96. The van der Waals surface area contributed by atoms with Crippen LogP contribution in [-0.2, 0) is 4.74 Å². The molecular formula is C14H21ClN2O2. The van der Waals surface area contributed by atoms with Crippen LogP contribution in [0.4, 0.5) is 5.69 Å². The summed E-state index contributed by atoms with van der Waals surface area (Å²) in [5.74, 6) is -0.523. The van der Waals surface area contributed by atoms with Crippen molar-refractivity contribution in [2.45, 2.75) is 38.8 Å². The van der Waals surface area contributed by atoms with Crippen LogP contribution in [0.25, 0.3) is 0 Å². The molecule has 0 saturated heterocycles. The van der Waals surface area contributed by atoms with Crippen LogP contribution in [0.3, 0.4) is 0 Å². The number of carbonyl (C=O) groups excluding carboxylic acids is 1. The molecule has 1 rings (SSSR count). The zero-order valence-corrected chi connectivity index (χ0v) is 12.5. The lowest BCUT2D eigenvalue weighted by atomic mass is 9.99. The lowest BCUT2D eigenvalue weighted by Crippen LogP contribution is -2.31. The molecule has 0 bridgehead atoms. The van der Waals surface area contributed by atoms with Crippen LogP contribution in [-0.4, -0.2) is 24.7 Å². The number of rotatable bonds is 6. The third-order valence-electron chi connectivity index (χ3n) is 3.00. The van der Waals surface area contributed by atoms with Gasteiger partial charge in [-0.3, -0.25) is 4.79 Å². The highest BCUT2D eigenvalue weighted by Crippen LogP contribution is 2.23. The average Bonchev–Trinajstić information content (AvgIpc) is 2.27. The van der Waals surface area contributed by atoms with Crippen LogP contribution in [0, 0.1) is 0 Å². The maximum Gasteiger partial charge on any atom is 0.250 e. The topological polar surface area (TPSA) is 64.3 Å². The van der Waals surface area contributed by atoms with Crippen molar-refractivity contribution in [1.82, 2.24) is 0 Å². The molecule has 0 fully saturated rings. The van der Waals surface area contributed by atoms with Crippen LogP contribution in [0.1, 0.15) is 37.6 Å². The normalized spacial score (nSPS) is 13.1. The number of anilines is 1. The number of ether oxygens (including phenoxy) is 1. The molecule has 0 aliphatic carbocycles. The van der Waals surface area contributed by atoms with Gasteiger partial charge >= 0.3 is 0 Å². The Kier molecular flexibility index (Phi) is 5.20. The molecule has 0 aliphatic rings. The van der Waals surface area contributed by atoms with Crippen molar-refractivity contribution in [3.05, 3.63) is 28.8 Å². The van der Waals surface area contributed by atoms with Gasteiger partial charge in [0.1, 0.15) is 0 Å².